The average molecular weight is 807 g/mol. The van der Waals surface area contributed by atoms with Crippen molar-refractivity contribution in [1.29, 1.82) is 0 Å². The summed E-state index contributed by atoms with van der Waals surface area (Å²) in [6, 6.07) is 9.39. The fourth-order valence-corrected chi connectivity index (χ4v) is 7.66. The molecule has 1 unspecified atom stereocenters. The van der Waals surface area contributed by atoms with E-state index in [1.54, 1.807) is 50.5 Å². The number of benzene rings is 2. The van der Waals surface area contributed by atoms with Gasteiger partial charge < -0.3 is 29.4 Å². The number of amides is 4. The smallest absolute Gasteiger partial charge is 0.262 e. The number of nitrogens with two attached hydrogens (primary N) is 1. The van der Waals surface area contributed by atoms with Crippen LogP contribution in [0.3, 0.4) is 0 Å². The van der Waals surface area contributed by atoms with Gasteiger partial charge in [-0.15, -0.1) is 0 Å². The molecule has 0 spiro atoms. The number of hydrogen-bond acceptors (Lipinski definition) is 14. The van der Waals surface area contributed by atoms with Crippen LogP contribution in [0, 0.1) is 0 Å². The van der Waals surface area contributed by atoms with Crippen molar-refractivity contribution in [2.24, 2.45) is 23.0 Å². The molecule has 7 rings (SSSR count). The molecule has 3 aliphatic heterocycles. The van der Waals surface area contributed by atoms with Crippen molar-refractivity contribution in [2.75, 3.05) is 47.1 Å². The van der Waals surface area contributed by atoms with Gasteiger partial charge >= 0.3 is 0 Å². The molecule has 3 aliphatic rings. The largest absolute Gasteiger partial charge is 0.496 e. The Hall–Kier alpha value is -6.46. The first-order valence-electron chi connectivity index (χ1n) is 19.4. The second kappa shape index (κ2) is 18.0. The Morgan fingerprint density at radius 3 is 2.41 bits per heavy atom. The number of pyridine rings is 2. The van der Waals surface area contributed by atoms with E-state index in [9.17, 15) is 24.0 Å². The van der Waals surface area contributed by atoms with Crippen molar-refractivity contribution in [3.05, 3.63) is 82.0 Å². The lowest BCUT2D eigenvalue weighted by molar-refractivity contribution is -0.136. The van der Waals surface area contributed by atoms with Crippen molar-refractivity contribution < 1.29 is 38.1 Å². The van der Waals surface area contributed by atoms with Crippen molar-refractivity contribution in [3.63, 3.8) is 0 Å². The number of fused-ring (bicyclic) bond motifs is 2. The zero-order valence-electron chi connectivity index (χ0n) is 33.1. The number of aryl methyl sites for hydroxylation is 1. The Morgan fingerprint density at radius 1 is 0.949 bits per heavy atom. The molecule has 0 radical (unpaired) electrons. The molecule has 2 fully saturated rings. The summed E-state index contributed by atoms with van der Waals surface area (Å²) in [5.74, 6) is 5.20. The van der Waals surface area contributed by atoms with Gasteiger partial charge in [-0.3, -0.25) is 49.1 Å². The fraction of sp³-hybridized carbons (Fsp3) is 0.381. The number of rotatable bonds is 15. The summed E-state index contributed by atoms with van der Waals surface area (Å²) >= 11 is 0. The van der Waals surface area contributed by atoms with Gasteiger partial charge in [0.15, 0.2) is 0 Å². The van der Waals surface area contributed by atoms with Crippen molar-refractivity contribution in [1.82, 2.24) is 24.7 Å². The van der Waals surface area contributed by atoms with Crippen LogP contribution in [0.25, 0.3) is 21.9 Å². The lowest BCUT2D eigenvalue weighted by Gasteiger charge is -2.32. The van der Waals surface area contributed by atoms with E-state index in [1.165, 1.54) is 12.1 Å². The number of aromatic nitrogens is 2. The quantitative estimate of drug-likeness (QED) is 0.0585. The van der Waals surface area contributed by atoms with Gasteiger partial charge in [-0.1, -0.05) is 0 Å². The molecular weight excluding hydrogens is 761 g/mol. The summed E-state index contributed by atoms with van der Waals surface area (Å²) in [5.41, 5.74) is 3.42. The molecule has 2 saturated heterocycles. The summed E-state index contributed by atoms with van der Waals surface area (Å²) in [5, 5.41) is 7.38. The third kappa shape index (κ3) is 8.71. The lowest BCUT2D eigenvalue weighted by Crippen LogP contribution is -2.54. The van der Waals surface area contributed by atoms with Gasteiger partial charge in [-0.05, 0) is 66.6 Å². The third-order valence-electron chi connectivity index (χ3n) is 10.8. The van der Waals surface area contributed by atoms with Crippen LogP contribution < -0.4 is 30.9 Å². The summed E-state index contributed by atoms with van der Waals surface area (Å²) in [6.45, 7) is 3.16. The molecule has 2 aromatic carbocycles. The molecule has 308 valence electrons. The highest BCUT2D eigenvalue weighted by molar-refractivity contribution is 6.31. The number of piperidine rings is 2. The van der Waals surface area contributed by atoms with Gasteiger partial charge in [0.25, 0.3) is 17.4 Å². The van der Waals surface area contributed by atoms with E-state index in [-0.39, 0.29) is 42.2 Å². The maximum absolute atomic E-state index is 13.1. The second-order valence-electron chi connectivity index (χ2n) is 14.5. The lowest BCUT2D eigenvalue weighted by atomic mass is 9.98. The van der Waals surface area contributed by atoms with Crippen LogP contribution in [0.2, 0.25) is 0 Å². The van der Waals surface area contributed by atoms with Gasteiger partial charge in [0.05, 0.1) is 55.6 Å². The standard InChI is InChI=1S/C42H46N8O9/c1-48-22-33(29-9-13-45-21-32(29)40(48)53)25-17-36(56-2)34(37(18-25)57-3)23-49-14-10-27(11-15-49)59-24-26(47-43)20-44-12-4-16-58-28-5-6-30-31(19-28)42(55)50(41(30)54)35-7-8-38(51)46-39(35)52/h5-6,9,13,17-22,27,35H,4,7-8,10-12,14-16,23-24,43H2,1-3H3,(H,46,51,52). The monoisotopic (exact) mass is 806 g/mol. The molecule has 4 amide bonds. The number of hydrazone groups is 1. The topological polar surface area (TPSA) is 209 Å². The minimum Gasteiger partial charge on any atom is -0.496 e. The van der Waals surface area contributed by atoms with Gasteiger partial charge in [-0.2, -0.15) is 5.10 Å². The zero-order valence-corrected chi connectivity index (χ0v) is 33.1. The summed E-state index contributed by atoms with van der Waals surface area (Å²) < 4.78 is 25.3. The molecular formula is C42H46N8O9. The summed E-state index contributed by atoms with van der Waals surface area (Å²) in [6.07, 6.45) is 9.03. The SMILES string of the molecule is COc1cc(-c2cn(C)c(=O)c3cnccc23)cc(OC)c1CN1CCC(OCC(C=NCCCOc2ccc3c(c2)C(=O)N(C2CCC(=O)NC2=O)C3=O)=NN)CC1. The first kappa shape index (κ1) is 40.7. The number of methoxy groups -OCH3 is 2. The highest BCUT2D eigenvalue weighted by atomic mass is 16.5. The maximum atomic E-state index is 13.1. The van der Waals surface area contributed by atoms with Crippen LogP contribution in [0.15, 0.2) is 69.9 Å². The predicted octanol–water partition coefficient (Wildman–Crippen LogP) is 2.85. The third-order valence-corrected chi connectivity index (χ3v) is 10.8. The minimum absolute atomic E-state index is 0.0223. The highest BCUT2D eigenvalue weighted by Crippen LogP contribution is 2.38. The Balaban J connectivity index is 0.857. The molecule has 2 aromatic heterocycles. The van der Waals surface area contributed by atoms with Crippen molar-refractivity contribution >= 4 is 46.3 Å². The molecule has 0 bridgehead atoms. The molecule has 17 heteroatoms. The summed E-state index contributed by atoms with van der Waals surface area (Å²) in [7, 11) is 5.01. The van der Waals surface area contributed by atoms with Crippen LogP contribution in [0.1, 0.15) is 58.4 Å². The number of carbonyl (C=O) groups excluding carboxylic acids is 4. The average Bonchev–Trinajstić information content (AvgIpc) is 3.49. The molecule has 4 aromatic rings. The Morgan fingerprint density at radius 2 is 1.69 bits per heavy atom. The fourth-order valence-electron chi connectivity index (χ4n) is 7.66. The normalized spacial score (nSPS) is 17.8. The Kier molecular flexibility index (Phi) is 12.4. The molecule has 17 nitrogen and oxygen atoms in total. The molecule has 59 heavy (non-hydrogen) atoms. The van der Waals surface area contributed by atoms with Crippen LogP contribution in [-0.2, 0) is 27.9 Å². The molecule has 3 N–H and O–H groups in total. The molecule has 0 aliphatic carbocycles. The van der Waals surface area contributed by atoms with Gasteiger partial charge in [0.1, 0.15) is 29.0 Å². The van der Waals surface area contributed by atoms with E-state index < -0.39 is 29.7 Å². The number of nitrogens with one attached hydrogen (secondary N) is 1. The number of likely N-dealkylation sites (tertiary alicyclic amines) is 1. The van der Waals surface area contributed by atoms with Gasteiger partial charge in [-0.25, -0.2) is 0 Å². The number of ether oxygens (including phenoxy) is 4. The van der Waals surface area contributed by atoms with E-state index in [0.29, 0.717) is 54.5 Å². The van der Waals surface area contributed by atoms with E-state index in [1.807, 2.05) is 24.4 Å². The predicted molar refractivity (Wildman–Crippen MR) is 218 cm³/mol. The van der Waals surface area contributed by atoms with Crippen LogP contribution in [0.5, 0.6) is 17.2 Å². The first-order chi connectivity index (χ1) is 28.6. The van der Waals surface area contributed by atoms with Crippen LogP contribution >= 0.6 is 0 Å². The number of aliphatic imine (C=N–C) groups is 1. The van der Waals surface area contributed by atoms with E-state index in [2.05, 4.69) is 25.3 Å². The van der Waals surface area contributed by atoms with Crippen LogP contribution in [0.4, 0.5) is 0 Å². The highest BCUT2D eigenvalue weighted by Gasteiger charge is 2.44. The van der Waals surface area contributed by atoms with Crippen molar-refractivity contribution in [2.45, 2.75) is 50.8 Å². The molecule has 0 saturated carbocycles. The zero-order chi connectivity index (χ0) is 41.6. The minimum atomic E-state index is -1.03. The van der Waals surface area contributed by atoms with Crippen LogP contribution in [-0.4, -0.2) is 114 Å². The number of hydrogen-bond donors (Lipinski definition) is 2. The number of carbonyl (C=O) groups is 4. The Bertz CT molecular complexity index is 2380. The number of imide groups is 2. The van der Waals surface area contributed by atoms with Gasteiger partial charge in [0, 0.05) is 76.4 Å². The van der Waals surface area contributed by atoms with E-state index in [4.69, 9.17) is 24.8 Å². The second-order valence-corrected chi connectivity index (χ2v) is 14.5. The molecule has 1 atom stereocenters. The Labute approximate surface area is 339 Å². The van der Waals surface area contributed by atoms with E-state index >= 15 is 0 Å². The van der Waals surface area contributed by atoms with Gasteiger partial charge in [0.2, 0.25) is 11.8 Å². The van der Waals surface area contributed by atoms with Crippen molar-refractivity contribution in [3.8, 4) is 28.4 Å². The summed E-state index contributed by atoms with van der Waals surface area (Å²) in [4.78, 5) is 74.4. The molecule has 5 heterocycles. The first-order valence-corrected chi connectivity index (χ1v) is 19.4. The van der Waals surface area contributed by atoms with E-state index in [0.717, 1.165) is 52.9 Å². The maximum Gasteiger partial charge on any atom is 0.262 e. The number of nitrogens with zero attached hydrogens (tertiary/aromatic N) is 6.